The number of aryl methyl sites for hydroxylation is 1. The van der Waals surface area contributed by atoms with Crippen molar-refractivity contribution in [2.75, 3.05) is 0 Å². The standard InChI is InChI=1S/C9H7BrFN3/c1-6-12-5-13-14(6)8-4-2-3-7(10)9(8)11/h2-5H,1H3. The highest BCUT2D eigenvalue weighted by Gasteiger charge is 2.09. The van der Waals surface area contributed by atoms with Gasteiger partial charge in [-0.1, -0.05) is 6.07 Å². The van der Waals surface area contributed by atoms with Gasteiger partial charge in [0, 0.05) is 0 Å². The minimum absolute atomic E-state index is 0.332. The van der Waals surface area contributed by atoms with E-state index in [1.165, 1.54) is 11.0 Å². The average molecular weight is 256 g/mol. The molecule has 0 spiro atoms. The Morgan fingerprint density at radius 1 is 1.43 bits per heavy atom. The summed E-state index contributed by atoms with van der Waals surface area (Å²) in [4.78, 5) is 3.93. The van der Waals surface area contributed by atoms with Gasteiger partial charge in [-0.2, -0.15) is 5.10 Å². The Morgan fingerprint density at radius 2 is 2.21 bits per heavy atom. The van der Waals surface area contributed by atoms with Crippen molar-refractivity contribution in [1.82, 2.24) is 14.8 Å². The van der Waals surface area contributed by atoms with Gasteiger partial charge < -0.3 is 0 Å². The van der Waals surface area contributed by atoms with E-state index in [4.69, 9.17) is 0 Å². The van der Waals surface area contributed by atoms with Gasteiger partial charge in [0.1, 0.15) is 17.8 Å². The van der Waals surface area contributed by atoms with Gasteiger partial charge in [-0.3, -0.25) is 0 Å². The maximum atomic E-state index is 13.6. The van der Waals surface area contributed by atoms with Crippen molar-refractivity contribution >= 4 is 15.9 Å². The Morgan fingerprint density at radius 3 is 2.86 bits per heavy atom. The van der Waals surface area contributed by atoms with E-state index in [1.807, 2.05) is 0 Å². The molecular formula is C9H7BrFN3. The van der Waals surface area contributed by atoms with Crippen LogP contribution in [0.2, 0.25) is 0 Å². The van der Waals surface area contributed by atoms with Crippen molar-refractivity contribution in [2.24, 2.45) is 0 Å². The lowest BCUT2D eigenvalue weighted by Gasteiger charge is -2.05. The van der Waals surface area contributed by atoms with Gasteiger partial charge in [0.25, 0.3) is 0 Å². The van der Waals surface area contributed by atoms with Gasteiger partial charge in [0.05, 0.1) is 4.47 Å². The van der Waals surface area contributed by atoms with E-state index in [0.717, 1.165) is 0 Å². The van der Waals surface area contributed by atoms with Gasteiger partial charge >= 0.3 is 0 Å². The van der Waals surface area contributed by atoms with E-state index in [0.29, 0.717) is 16.0 Å². The van der Waals surface area contributed by atoms with Crippen LogP contribution in [0.15, 0.2) is 29.0 Å². The van der Waals surface area contributed by atoms with Gasteiger partial charge in [0.15, 0.2) is 5.82 Å². The second kappa shape index (κ2) is 3.49. The van der Waals surface area contributed by atoms with E-state index in [1.54, 1.807) is 25.1 Å². The van der Waals surface area contributed by atoms with Gasteiger partial charge in [0.2, 0.25) is 0 Å². The second-order valence-corrected chi connectivity index (χ2v) is 3.65. The Bertz CT molecular complexity index is 467. The van der Waals surface area contributed by atoms with Gasteiger partial charge in [-0.05, 0) is 35.0 Å². The Hall–Kier alpha value is -1.23. The van der Waals surface area contributed by atoms with Crippen molar-refractivity contribution in [3.05, 3.63) is 40.6 Å². The highest BCUT2D eigenvalue weighted by molar-refractivity contribution is 9.10. The molecule has 0 aliphatic carbocycles. The van der Waals surface area contributed by atoms with Crippen LogP contribution in [0.4, 0.5) is 4.39 Å². The molecule has 0 radical (unpaired) electrons. The van der Waals surface area contributed by atoms with Crippen molar-refractivity contribution < 1.29 is 4.39 Å². The third-order valence-electron chi connectivity index (χ3n) is 1.88. The largest absolute Gasteiger partial charge is 0.220 e. The van der Waals surface area contributed by atoms with Crippen LogP contribution in [-0.4, -0.2) is 14.8 Å². The minimum atomic E-state index is -0.332. The molecule has 0 saturated carbocycles. The molecular weight excluding hydrogens is 249 g/mol. The molecule has 0 N–H and O–H groups in total. The summed E-state index contributed by atoms with van der Waals surface area (Å²) in [5, 5.41) is 3.93. The van der Waals surface area contributed by atoms with Crippen LogP contribution in [0.1, 0.15) is 5.82 Å². The summed E-state index contributed by atoms with van der Waals surface area (Å²) < 4.78 is 15.5. The number of rotatable bonds is 1. The number of hydrogen-bond acceptors (Lipinski definition) is 2. The fraction of sp³-hybridized carbons (Fsp3) is 0.111. The maximum Gasteiger partial charge on any atom is 0.163 e. The fourth-order valence-corrected chi connectivity index (χ4v) is 1.55. The zero-order valence-electron chi connectivity index (χ0n) is 7.41. The van der Waals surface area contributed by atoms with Gasteiger partial charge in [-0.25, -0.2) is 14.1 Å². The molecule has 0 aliphatic rings. The lowest BCUT2D eigenvalue weighted by atomic mass is 10.3. The van der Waals surface area contributed by atoms with Crippen LogP contribution in [0.25, 0.3) is 5.69 Å². The molecule has 0 atom stereocenters. The first-order valence-corrected chi connectivity index (χ1v) is 4.80. The molecule has 0 fully saturated rings. The van der Waals surface area contributed by atoms with Crippen LogP contribution in [0.3, 0.4) is 0 Å². The van der Waals surface area contributed by atoms with Crippen LogP contribution < -0.4 is 0 Å². The summed E-state index contributed by atoms with van der Waals surface area (Å²) in [6.07, 6.45) is 1.40. The number of nitrogens with zero attached hydrogens (tertiary/aromatic N) is 3. The van der Waals surface area contributed by atoms with E-state index >= 15 is 0 Å². The topological polar surface area (TPSA) is 30.7 Å². The molecule has 5 heteroatoms. The quantitative estimate of drug-likeness (QED) is 0.784. The Kier molecular flexibility index (Phi) is 2.33. The van der Waals surface area contributed by atoms with Crippen molar-refractivity contribution in [2.45, 2.75) is 6.92 Å². The van der Waals surface area contributed by atoms with E-state index in [2.05, 4.69) is 26.0 Å². The monoisotopic (exact) mass is 255 g/mol. The maximum absolute atomic E-state index is 13.6. The zero-order chi connectivity index (χ0) is 10.1. The molecule has 0 saturated heterocycles. The predicted octanol–water partition coefficient (Wildman–Crippen LogP) is 2.48. The first-order chi connectivity index (χ1) is 6.70. The van der Waals surface area contributed by atoms with Crippen molar-refractivity contribution in [1.29, 1.82) is 0 Å². The molecule has 0 bridgehead atoms. The third kappa shape index (κ3) is 1.43. The minimum Gasteiger partial charge on any atom is -0.220 e. The molecule has 2 aromatic rings. The summed E-state index contributed by atoms with van der Waals surface area (Å²) >= 11 is 3.12. The Balaban J connectivity index is 2.63. The lowest BCUT2D eigenvalue weighted by molar-refractivity contribution is 0.602. The summed E-state index contributed by atoms with van der Waals surface area (Å²) in [7, 11) is 0. The molecule has 3 nitrogen and oxygen atoms in total. The van der Waals surface area contributed by atoms with E-state index in [-0.39, 0.29) is 5.82 Å². The molecule has 1 aromatic carbocycles. The second-order valence-electron chi connectivity index (χ2n) is 2.79. The van der Waals surface area contributed by atoms with E-state index in [9.17, 15) is 4.39 Å². The predicted molar refractivity (Wildman–Crippen MR) is 53.8 cm³/mol. The Labute approximate surface area is 88.7 Å². The summed E-state index contributed by atoms with van der Waals surface area (Å²) in [5.41, 5.74) is 0.398. The van der Waals surface area contributed by atoms with Crippen molar-refractivity contribution in [3.63, 3.8) is 0 Å². The average Bonchev–Trinajstić information content (AvgIpc) is 2.57. The number of halogens is 2. The molecule has 72 valence electrons. The first-order valence-electron chi connectivity index (χ1n) is 4.01. The molecule has 1 aromatic heterocycles. The van der Waals surface area contributed by atoms with Crippen LogP contribution in [0, 0.1) is 12.7 Å². The lowest BCUT2D eigenvalue weighted by Crippen LogP contribution is -2.02. The van der Waals surface area contributed by atoms with Crippen molar-refractivity contribution in [3.8, 4) is 5.69 Å². The number of benzene rings is 1. The molecule has 2 rings (SSSR count). The SMILES string of the molecule is Cc1ncnn1-c1cccc(Br)c1F. The highest BCUT2D eigenvalue weighted by atomic mass is 79.9. The molecule has 0 aliphatic heterocycles. The highest BCUT2D eigenvalue weighted by Crippen LogP contribution is 2.21. The normalized spacial score (nSPS) is 10.5. The van der Waals surface area contributed by atoms with Crippen LogP contribution >= 0.6 is 15.9 Å². The van der Waals surface area contributed by atoms with E-state index < -0.39 is 0 Å². The van der Waals surface area contributed by atoms with Crippen LogP contribution in [-0.2, 0) is 0 Å². The fourth-order valence-electron chi connectivity index (χ4n) is 1.19. The summed E-state index contributed by atoms with van der Waals surface area (Å²) in [6, 6.07) is 5.05. The molecule has 0 amide bonds. The van der Waals surface area contributed by atoms with Crippen LogP contribution in [0.5, 0.6) is 0 Å². The summed E-state index contributed by atoms with van der Waals surface area (Å²) in [6.45, 7) is 1.77. The first kappa shape index (κ1) is 9.33. The molecule has 1 heterocycles. The van der Waals surface area contributed by atoms with Gasteiger partial charge in [-0.15, -0.1) is 0 Å². The molecule has 0 unspecified atom stereocenters. The smallest absolute Gasteiger partial charge is 0.163 e. The number of aromatic nitrogens is 3. The third-order valence-corrected chi connectivity index (χ3v) is 2.49. The number of hydrogen-bond donors (Lipinski definition) is 0. The zero-order valence-corrected chi connectivity index (χ0v) is 8.99. The molecule has 14 heavy (non-hydrogen) atoms. The summed E-state index contributed by atoms with van der Waals surface area (Å²) in [5.74, 6) is 0.322.